The van der Waals surface area contributed by atoms with E-state index in [1.807, 2.05) is 48.5 Å². The first kappa shape index (κ1) is 24.7. The van der Waals surface area contributed by atoms with E-state index in [2.05, 4.69) is 36.6 Å². The summed E-state index contributed by atoms with van der Waals surface area (Å²) in [4.78, 5) is 33.7. The molecule has 0 fully saturated rings. The molecule has 0 bridgehead atoms. The number of rotatable bonds is 6. The van der Waals surface area contributed by atoms with Crippen LogP contribution in [0.3, 0.4) is 0 Å². The molecule has 3 aromatic rings. The average molecular weight is 504 g/mol. The van der Waals surface area contributed by atoms with E-state index in [1.54, 1.807) is 24.3 Å². The maximum Gasteiger partial charge on any atom is 0.323 e. The number of carbonyl (C=O) groups excluding carboxylic acids is 2. The third kappa shape index (κ3) is 6.00. The molecule has 5 N–H and O–H groups in total. The van der Waals surface area contributed by atoms with Crippen LogP contribution in [-0.2, 0) is 0 Å². The Balaban J connectivity index is 0.00000304. The number of amides is 3. The minimum atomic E-state index is -0.368. The number of anilines is 3. The molecule has 0 atom stereocenters. The zero-order valence-corrected chi connectivity index (χ0v) is 20.2. The van der Waals surface area contributed by atoms with Crippen LogP contribution >= 0.6 is 12.4 Å². The summed E-state index contributed by atoms with van der Waals surface area (Å²) in [6.45, 7) is 3.25. The topological polar surface area (TPSA) is 119 Å². The lowest BCUT2D eigenvalue weighted by Crippen LogP contribution is -2.21. The molecule has 10 heteroatoms. The second-order valence-corrected chi connectivity index (χ2v) is 8.08. The summed E-state index contributed by atoms with van der Waals surface area (Å²) in [6.07, 6.45) is 0. The van der Waals surface area contributed by atoms with E-state index in [-0.39, 0.29) is 24.3 Å². The van der Waals surface area contributed by atoms with E-state index in [1.165, 1.54) is 0 Å². The van der Waals surface area contributed by atoms with Gasteiger partial charge in [-0.2, -0.15) is 0 Å². The predicted molar refractivity (Wildman–Crippen MR) is 146 cm³/mol. The van der Waals surface area contributed by atoms with Crippen LogP contribution in [0.15, 0.2) is 82.8 Å². The highest BCUT2D eigenvalue weighted by Gasteiger charge is 2.11. The van der Waals surface area contributed by atoms with E-state index in [9.17, 15) is 9.59 Å². The number of nitrogens with zero attached hydrogens (tertiary/aromatic N) is 2. The molecule has 184 valence electrons. The number of urea groups is 1. The normalized spacial score (nSPS) is 13.9. The number of halogens is 1. The Kier molecular flexibility index (Phi) is 7.82. The third-order valence-electron chi connectivity index (χ3n) is 5.59. The Morgan fingerprint density at radius 1 is 0.611 bits per heavy atom. The maximum absolute atomic E-state index is 12.6. The van der Waals surface area contributed by atoms with Gasteiger partial charge in [0.05, 0.1) is 13.1 Å². The highest BCUT2D eigenvalue weighted by molar-refractivity contribution is 6.06. The number of nitrogens with one attached hydrogen (secondary N) is 5. The molecule has 0 saturated carbocycles. The third-order valence-corrected chi connectivity index (χ3v) is 5.59. The van der Waals surface area contributed by atoms with Crippen molar-refractivity contribution in [3.63, 3.8) is 0 Å². The molecule has 9 nitrogen and oxygen atoms in total. The molecule has 2 aliphatic heterocycles. The van der Waals surface area contributed by atoms with Gasteiger partial charge in [-0.05, 0) is 72.8 Å². The van der Waals surface area contributed by atoms with Crippen LogP contribution < -0.4 is 26.6 Å². The molecule has 2 aliphatic rings. The monoisotopic (exact) mass is 503 g/mol. The number of benzene rings is 3. The molecule has 0 spiro atoms. The zero-order chi connectivity index (χ0) is 24.0. The quantitative estimate of drug-likeness (QED) is 0.352. The van der Waals surface area contributed by atoms with E-state index in [0.29, 0.717) is 22.6 Å². The van der Waals surface area contributed by atoms with Crippen molar-refractivity contribution < 1.29 is 9.59 Å². The van der Waals surface area contributed by atoms with Crippen LogP contribution in [0.5, 0.6) is 0 Å². The molecule has 2 heterocycles. The van der Waals surface area contributed by atoms with Gasteiger partial charge in [-0.15, -0.1) is 12.4 Å². The van der Waals surface area contributed by atoms with Gasteiger partial charge in [0.2, 0.25) is 0 Å². The van der Waals surface area contributed by atoms with Gasteiger partial charge in [-0.3, -0.25) is 14.8 Å². The Morgan fingerprint density at radius 3 is 1.44 bits per heavy atom. The highest BCUT2D eigenvalue weighted by Crippen LogP contribution is 2.16. The molecule has 3 amide bonds. The first-order valence-electron chi connectivity index (χ1n) is 11.4. The van der Waals surface area contributed by atoms with Gasteiger partial charge in [0, 0.05) is 46.8 Å². The van der Waals surface area contributed by atoms with Gasteiger partial charge in [-0.25, -0.2) is 4.79 Å². The first-order valence-corrected chi connectivity index (χ1v) is 11.4. The second-order valence-electron chi connectivity index (χ2n) is 8.08. The van der Waals surface area contributed by atoms with Crippen molar-refractivity contribution in [1.29, 1.82) is 0 Å². The van der Waals surface area contributed by atoms with Crippen molar-refractivity contribution in [2.24, 2.45) is 9.98 Å². The fraction of sp³-hybridized carbons (Fsp3) is 0.154. The maximum atomic E-state index is 12.6. The second kappa shape index (κ2) is 11.4. The van der Waals surface area contributed by atoms with Crippen LogP contribution in [0.2, 0.25) is 0 Å². The van der Waals surface area contributed by atoms with Crippen LogP contribution in [0.4, 0.5) is 21.9 Å². The van der Waals surface area contributed by atoms with Crippen molar-refractivity contribution >= 4 is 53.1 Å². The molecule has 3 aromatic carbocycles. The van der Waals surface area contributed by atoms with Crippen LogP contribution in [-0.4, -0.2) is 49.8 Å². The summed E-state index contributed by atoms with van der Waals surface area (Å²) in [7, 11) is 0. The summed E-state index contributed by atoms with van der Waals surface area (Å²) >= 11 is 0. The number of hydrogen-bond donors (Lipinski definition) is 5. The minimum absolute atomic E-state index is 0. The standard InChI is InChI=1S/C26H25N7O2.ClH/c34-25(31-20-7-1-17(2-8-20)23-27-13-14-28-23)19-5-11-22(12-6-19)33-26(35)32-21-9-3-18(4-10-21)24-29-15-16-30-24;/h1-12H,13-16H2,(H,27,28)(H,29,30)(H,31,34)(H2,32,33,35);1H. The molecule has 0 radical (unpaired) electrons. The zero-order valence-electron chi connectivity index (χ0n) is 19.4. The number of amidine groups is 2. The van der Waals surface area contributed by atoms with Crippen molar-refractivity contribution in [2.45, 2.75) is 0 Å². The van der Waals surface area contributed by atoms with Crippen LogP contribution in [0.1, 0.15) is 21.5 Å². The predicted octanol–water partition coefficient (Wildman–Crippen LogP) is 3.70. The van der Waals surface area contributed by atoms with E-state index < -0.39 is 0 Å². The van der Waals surface area contributed by atoms with Gasteiger partial charge in [-0.1, -0.05) is 0 Å². The summed E-state index contributed by atoms with van der Waals surface area (Å²) in [5.41, 5.74) is 4.41. The lowest BCUT2D eigenvalue weighted by Gasteiger charge is -2.10. The minimum Gasteiger partial charge on any atom is -0.368 e. The Labute approximate surface area is 214 Å². The van der Waals surface area contributed by atoms with Gasteiger partial charge < -0.3 is 26.6 Å². The largest absolute Gasteiger partial charge is 0.368 e. The molecule has 0 unspecified atom stereocenters. The summed E-state index contributed by atoms with van der Waals surface area (Å²) in [5, 5.41) is 14.9. The van der Waals surface area contributed by atoms with Gasteiger partial charge >= 0.3 is 6.03 Å². The van der Waals surface area contributed by atoms with Crippen molar-refractivity contribution in [3.8, 4) is 0 Å². The van der Waals surface area contributed by atoms with Crippen molar-refractivity contribution in [2.75, 3.05) is 42.1 Å². The highest BCUT2D eigenvalue weighted by atomic mass is 35.5. The van der Waals surface area contributed by atoms with E-state index in [4.69, 9.17) is 0 Å². The molecular weight excluding hydrogens is 478 g/mol. The molecule has 36 heavy (non-hydrogen) atoms. The lowest BCUT2D eigenvalue weighted by atomic mass is 10.1. The summed E-state index contributed by atoms with van der Waals surface area (Å²) in [6, 6.07) is 21.4. The van der Waals surface area contributed by atoms with E-state index >= 15 is 0 Å². The van der Waals surface area contributed by atoms with Gasteiger partial charge in [0.1, 0.15) is 11.7 Å². The fourth-order valence-corrected chi connectivity index (χ4v) is 3.81. The first-order chi connectivity index (χ1) is 17.1. The average Bonchev–Trinajstić information content (AvgIpc) is 3.60. The van der Waals surface area contributed by atoms with Crippen molar-refractivity contribution in [3.05, 3.63) is 89.5 Å². The van der Waals surface area contributed by atoms with Crippen LogP contribution in [0, 0.1) is 0 Å². The molecular formula is C26H26ClN7O2. The van der Waals surface area contributed by atoms with Crippen LogP contribution in [0.25, 0.3) is 0 Å². The molecule has 0 aliphatic carbocycles. The summed E-state index contributed by atoms with van der Waals surface area (Å²) < 4.78 is 0. The summed E-state index contributed by atoms with van der Waals surface area (Å²) in [5.74, 6) is 1.52. The Bertz CT molecular complexity index is 1290. The van der Waals surface area contributed by atoms with Gasteiger partial charge in [0.25, 0.3) is 5.91 Å². The molecule has 0 aromatic heterocycles. The van der Waals surface area contributed by atoms with E-state index in [0.717, 1.165) is 49.0 Å². The number of carbonyl (C=O) groups is 2. The Hall–Kier alpha value is -4.37. The fourth-order valence-electron chi connectivity index (χ4n) is 3.81. The SMILES string of the molecule is Cl.O=C(Nc1ccc(C(=O)Nc2ccc(C3=NCCN3)cc2)cc1)Nc1ccc(C2=NCCN2)cc1. The van der Waals surface area contributed by atoms with Crippen molar-refractivity contribution in [1.82, 2.24) is 10.6 Å². The lowest BCUT2D eigenvalue weighted by molar-refractivity contribution is 0.102. The molecule has 5 rings (SSSR count). The number of aliphatic imine (C=N–C) groups is 2. The number of hydrogen-bond acceptors (Lipinski definition) is 6. The molecule has 0 saturated heterocycles. The Morgan fingerprint density at radius 2 is 1.03 bits per heavy atom. The smallest absolute Gasteiger partial charge is 0.323 e. The van der Waals surface area contributed by atoms with Gasteiger partial charge in [0.15, 0.2) is 0 Å².